The molecule has 20 heavy (non-hydrogen) atoms. The van der Waals surface area contributed by atoms with E-state index in [-0.39, 0.29) is 5.25 Å². The number of hydrogen-bond donors (Lipinski definition) is 0. The zero-order valence-corrected chi connectivity index (χ0v) is 12.8. The van der Waals surface area contributed by atoms with E-state index < -0.39 is 0 Å². The van der Waals surface area contributed by atoms with Crippen LogP contribution in [0.15, 0.2) is 47.2 Å². The average Bonchev–Trinajstić information content (AvgIpc) is 3.12. The number of thioether (sulfide) groups is 2. The quantitative estimate of drug-likeness (QED) is 0.769. The summed E-state index contributed by atoms with van der Waals surface area (Å²) < 4.78 is 2.78. The van der Waals surface area contributed by atoms with Crippen LogP contribution in [-0.4, -0.2) is 15.3 Å². The van der Waals surface area contributed by atoms with Gasteiger partial charge < -0.3 is 0 Å². The first-order valence-corrected chi connectivity index (χ1v) is 8.20. The molecule has 1 aromatic carbocycles. The fourth-order valence-electron chi connectivity index (χ4n) is 1.96. The number of aromatic nitrogens is 2. The second-order valence-corrected chi connectivity index (χ2v) is 7.07. The normalized spacial score (nSPS) is 20.7. The van der Waals surface area contributed by atoms with Crippen LogP contribution >= 0.6 is 35.1 Å². The summed E-state index contributed by atoms with van der Waals surface area (Å²) in [7, 11) is 0. The molecule has 3 nitrogen and oxygen atoms in total. The molecule has 0 unspecified atom stereocenters. The van der Waals surface area contributed by atoms with Crippen molar-refractivity contribution in [3.05, 3.63) is 57.8 Å². The molecule has 0 radical (unpaired) electrons. The zero-order chi connectivity index (χ0) is 13.9. The van der Waals surface area contributed by atoms with Crippen molar-refractivity contribution >= 4 is 40.8 Å². The van der Waals surface area contributed by atoms with Crippen LogP contribution in [0.25, 0.3) is 5.70 Å². The second kappa shape index (κ2) is 5.96. The molecule has 1 saturated heterocycles. The van der Waals surface area contributed by atoms with Crippen LogP contribution < -0.4 is 0 Å². The molecule has 3 rings (SSSR count). The van der Waals surface area contributed by atoms with Crippen LogP contribution in [0, 0.1) is 11.3 Å². The standard InChI is InChI=1S/C14H10ClN3S2/c15-11-4-2-1-3-10(11)13-8-19-14(20-13)12(7-16)18-6-5-17-9-18/h1-6,9,13H,8H2/b14-12+/t13-/m0/s1. The van der Waals surface area contributed by atoms with Gasteiger partial charge in [-0.3, -0.25) is 4.57 Å². The van der Waals surface area contributed by atoms with Crippen LogP contribution in [0.5, 0.6) is 0 Å². The Labute approximate surface area is 130 Å². The lowest BCUT2D eigenvalue weighted by atomic mass is 10.2. The molecular weight excluding hydrogens is 310 g/mol. The Morgan fingerprint density at radius 2 is 2.30 bits per heavy atom. The van der Waals surface area contributed by atoms with Crippen LogP contribution in [-0.2, 0) is 0 Å². The number of allylic oxidation sites excluding steroid dienone is 1. The summed E-state index contributed by atoms with van der Waals surface area (Å²) in [6.45, 7) is 0. The van der Waals surface area contributed by atoms with Crippen molar-refractivity contribution in [3.8, 4) is 6.07 Å². The van der Waals surface area contributed by atoms with Gasteiger partial charge in [-0.1, -0.05) is 29.8 Å². The van der Waals surface area contributed by atoms with Crippen molar-refractivity contribution in [2.45, 2.75) is 5.25 Å². The average molecular weight is 320 g/mol. The Hall–Kier alpha value is -1.35. The van der Waals surface area contributed by atoms with Gasteiger partial charge in [-0.2, -0.15) is 5.26 Å². The molecule has 1 atom stereocenters. The fraction of sp³-hybridized carbons (Fsp3) is 0.143. The number of benzene rings is 1. The highest BCUT2D eigenvalue weighted by Gasteiger charge is 2.27. The monoisotopic (exact) mass is 319 g/mol. The SMILES string of the molecule is N#C/C(=C1/SC[C@@H](c2ccccc2Cl)S1)n1ccnc1. The van der Waals surface area contributed by atoms with E-state index in [9.17, 15) is 5.26 Å². The lowest BCUT2D eigenvalue weighted by Crippen LogP contribution is -1.93. The highest BCUT2D eigenvalue weighted by Crippen LogP contribution is 2.53. The lowest BCUT2D eigenvalue weighted by Gasteiger charge is -2.09. The number of imidazole rings is 1. The van der Waals surface area contributed by atoms with Gasteiger partial charge in [0, 0.05) is 28.4 Å². The van der Waals surface area contributed by atoms with Crippen molar-refractivity contribution in [1.29, 1.82) is 5.26 Å². The van der Waals surface area contributed by atoms with E-state index in [4.69, 9.17) is 11.6 Å². The maximum absolute atomic E-state index is 9.36. The van der Waals surface area contributed by atoms with Gasteiger partial charge in [0.25, 0.3) is 0 Å². The molecule has 0 saturated carbocycles. The molecular formula is C14H10ClN3S2. The van der Waals surface area contributed by atoms with E-state index >= 15 is 0 Å². The molecule has 2 heterocycles. The predicted octanol–water partition coefficient (Wildman–Crippen LogP) is 4.41. The van der Waals surface area contributed by atoms with Crippen molar-refractivity contribution in [1.82, 2.24) is 9.55 Å². The molecule has 100 valence electrons. The minimum atomic E-state index is 0.288. The van der Waals surface area contributed by atoms with Gasteiger partial charge in [0.1, 0.15) is 11.8 Å². The smallest absolute Gasteiger partial charge is 0.145 e. The molecule has 2 aromatic rings. The minimum absolute atomic E-state index is 0.288. The molecule has 0 N–H and O–H groups in total. The van der Waals surface area contributed by atoms with Crippen molar-refractivity contribution in [2.75, 3.05) is 5.75 Å². The third-order valence-electron chi connectivity index (χ3n) is 2.93. The van der Waals surface area contributed by atoms with Gasteiger partial charge in [-0.05, 0) is 11.6 Å². The maximum Gasteiger partial charge on any atom is 0.145 e. The second-order valence-electron chi connectivity index (χ2n) is 4.16. The highest BCUT2D eigenvalue weighted by atomic mass is 35.5. The number of halogens is 1. The first-order valence-electron chi connectivity index (χ1n) is 5.96. The van der Waals surface area contributed by atoms with Crippen LogP contribution in [0.3, 0.4) is 0 Å². The number of hydrogen-bond acceptors (Lipinski definition) is 4. The van der Waals surface area contributed by atoms with E-state index in [2.05, 4.69) is 11.1 Å². The van der Waals surface area contributed by atoms with Gasteiger partial charge in [-0.15, -0.1) is 23.5 Å². The summed E-state index contributed by atoms with van der Waals surface area (Å²) in [5.41, 5.74) is 1.76. The van der Waals surface area contributed by atoms with E-state index in [1.165, 1.54) is 0 Å². The molecule has 6 heteroatoms. The van der Waals surface area contributed by atoms with Gasteiger partial charge in [0.05, 0.1) is 10.6 Å². The van der Waals surface area contributed by atoms with Crippen molar-refractivity contribution < 1.29 is 0 Å². The summed E-state index contributed by atoms with van der Waals surface area (Å²) in [5.74, 6) is 0.920. The first kappa shape index (κ1) is 13.6. The van der Waals surface area contributed by atoms with Gasteiger partial charge in [0.15, 0.2) is 0 Å². The molecule has 0 spiro atoms. The Kier molecular flexibility index (Phi) is 4.06. The number of rotatable bonds is 2. The van der Waals surface area contributed by atoms with E-state index in [1.807, 2.05) is 24.3 Å². The van der Waals surface area contributed by atoms with E-state index in [0.29, 0.717) is 5.70 Å². The molecule has 0 aliphatic carbocycles. The Bertz CT molecular complexity index is 689. The number of nitrogens with zero attached hydrogens (tertiary/aromatic N) is 3. The summed E-state index contributed by atoms with van der Waals surface area (Å²) in [4.78, 5) is 3.99. The van der Waals surface area contributed by atoms with Gasteiger partial charge in [-0.25, -0.2) is 4.98 Å². The fourth-order valence-corrected chi connectivity index (χ4v) is 5.22. The Morgan fingerprint density at radius 1 is 1.45 bits per heavy atom. The molecule has 0 amide bonds. The Morgan fingerprint density at radius 3 is 3.00 bits per heavy atom. The molecule has 0 bridgehead atoms. The Balaban J connectivity index is 1.90. The molecule has 1 fully saturated rings. The topological polar surface area (TPSA) is 41.6 Å². The maximum atomic E-state index is 9.36. The third-order valence-corrected chi connectivity index (χ3v) is 6.19. The van der Waals surface area contributed by atoms with Crippen molar-refractivity contribution in [2.24, 2.45) is 0 Å². The molecule has 1 aliphatic heterocycles. The van der Waals surface area contributed by atoms with Gasteiger partial charge >= 0.3 is 0 Å². The lowest BCUT2D eigenvalue weighted by molar-refractivity contribution is 1.10. The van der Waals surface area contributed by atoms with Crippen molar-refractivity contribution in [3.63, 3.8) is 0 Å². The highest BCUT2D eigenvalue weighted by molar-refractivity contribution is 8.25. The first-order chi connectivity index (χ1) is 9.79. The third kappa shape index (κ3) is 2.59. The summed E-state index contributed by atoms with van der Waals surface area (Å²) >= 11 is 9.64. The number of nitriles is 1. The van der Waals surface area contributed by atoms with E-state index in [0.717, 1.165) is 20.6 Å². The molecule has 1 aromatic heterocycles. The van der Waals surface area contributed by atoms with Crippen LogP contribution in [0.4, 0.5) is 0 Å². The van der Waals surface area contributed by atoms with E-state index in [1.54, 1.807) is 46.8 Å². The summed E-state index contributed by atoms with van der Waals surface area (Å²) in [6.07, 6.45) is 5.11. The minimum Gasteiger partial charge on any atom is -0.296 e. The summed E-state index contributed by atoms with van der Waals surface area (Å²) in [6, 6.07) is 10.1. The zero-order valence-electron chi connectivity index (χ0n) is 10.4. The van der Waals surface area contributed by atoms with Crippen LogP contribution in [0.2, 0.25) is 5.02 Å². The molecule has 1 aliphatic rings. The van der Waals surface area contributed by atoms with Crippen LogP contribution in [0.1, 0.15) is 10.8 Å². The predicted molar refractivity (Wildman–Crippen MR) is 85.3 cm³/mol. The largest absolute Gasteiger partial charge is 0.296 e. The van der Waals surface area contributed by atoms with Gasteiger partial charge in [0.2, 0.25) is 0 Å². The summed E-state index contributed by atoms with van der Waals surface area (Å²) in [5, 5.41) is 10.4.